The molecule has 0 aromatic heterocycles. The molecule has 0 radical (unpaired) electrons. The van der Waals surface area contributed by atoms with Crippen LogP contribution in [0.5, 0.6) is 0 Å². The zero-order chi connectivity index (χ0) is 11.4. The first-order valence-electron chi connectivity index (χ1n) is 5.02. The maximum atomic E-state index is 10.7. The van der Waals surface area contributed by atoms with Crippen molar-refractivity contribution in [1.29, 1.82) is 0 Å². The lowest BCUT2D eigenvalue weighted by atomic mass is 10.2. The van der Waals surface area contributed by atoms with Gasteiger partial charge in [-0.25, -0.2) is 0 Å². The van der Waals surface area contributed by atoms with Gasteiger partial charge in [0.15, 0.2) is 5.96 Å². The van der Waals surface area contributed by atoms with Gasteiger partial charge in [0, 0.05) is 24.7 Å². The van der Waals surface area contributed by atoms with Crippen molar-refractivity contribution in [2.45, 2.75) is 6.54 Å². The summed E-state index contributed by atoms with van der Waals surface area (Å²) in [7, 11) is 0. The number of guanidine groups is 1. The van der Waals surface area contributed by atoms with E-state index in [-0.39, 0.29) is 10.6 Å². The van der Waals surface area contributed by atoms with E-state index in [9.17, 15) is 10.1 Å². The average molecular weight is 220 g/mol. The van der Waals surface area contributed by atoms with Crippen molar-refractivity contribution < 1.29 is 4.92 Å². The summed E-state index contributed by atoms with van der Waals surface area (Å²) >= 11 is 0. The second-order valence-corrected chi connectivity index (χ2v) is 3.40. The van der Waals surface area contributed by atoms with Crippen LogP contribution in [0.1, 0.15) is 5.56 Å². The summed E-state index contributed by atoms with van der Waals surface area (Å²) in [6, 6.07) is 6.68. The highest BCUT2D eigenvalue weighted by atomic mass is 16.6. The summed E-state index contributed by atoms with van der Waals surface area (Å²) in [5, 5.41) is 16.8. The highest BCUT2D eigenvalue weighted by Gasteiger charge is 2.12. The fourth-order valence-electron chi connectivity index (χ4n) is 1.53. The van der Waals surface area contributed by atoms with E-state index in [0.717, 1.165) is 13.1 Å². The van der Waals surface area contributed by atoms with E-state index in [1.165, 1.54) is 6.07 Å². The molecule has 1 heterocycles. The SMILES string of the molecule is O=[N+]([O-])c1ccccc1CNC1=NCCN1. The number of hydrogen-bond donors (Lipinski definition) is 2. The van der Waals surface area contributed by atoms with Gasteiger partial charge < -0.3 is 10.6 Å². The van der Waals surface area contributed by atoms with Gasteiger partial charge in [-0.05, 0) is 0 Å². The molecule has 84 valence electrons. The standard InChI is InChI=1S/C10H12N4O2/c15-14(16)9-4-2-1-3-8(9)7-13-10-11-5-6-12-10/h1-4H,5-7H2,(H2,11,12,13). The Morgan fingerprint density at radius 1 is 1.50 bits per heavy atom. The van der Waals surface area contributed by atoms with Gasteiger partial charge in [0.25, 0.3) is 5.69 Å². The molecular weight excluding hydrogens is 208 g/mol. The summed E-state index contributed by atoms with van der Waals surface area (Å²) in [5.74, 6) is 0.707. The molecule has 0 saturated carbocycles. The molecule has 0 aliphatic carbocycles. The molecule has 1 aromatic rings. The molecule has 0 bridgehead atoms. The zero-order valence-corrected chi connectivity index (χ0v) is 8.64. The van der Waals surface area contributed by atoms with Crippen molar-refractivity contribution in [2.24, 2.45) is 4.99 Å². The summed E-state index contributed by atoms with van der Waals surface area (Å²) < 4.78 is 0. The first-order chi connectivity index (χ1) is 7.77. The fraction of sp³-hybridized carbons (Fsp3) is 0.300. The molecule has 1 aromatic carbocycles. The van der Waals surface area contributed by atoms with Gasteiger partial charge in [-0.15, -0.1) is 0 Å². The first kappa shape index (κ1) is 10.4. The number of benzene rings is 1. The third kappa shape index (κ3) is 2.28. The Kier molecular flexibility index (Phi) is 3.00. The zero-order valence-electron chi connectivity index (χ0n) is 8.64. The number of rotatable bonds is 3. The minimum atomic E-state index is -0.374. The molecule has 0 fully saturated rings. The van der Waals surface area contributed by atoms with Crippen molar-refractivity contribution in [3.8, 4) is 0 Å². The Labute approximate surface area is 92.5 Å². The summed E-state index contributed by atoms with van der Waals surface area (Å²) in [6.07, 6.45) is 0. The van der Waals surface area contributed by atoms with Gasteiger partial charge in [-0.2, -0.15) is 0 Å². The quantitative estimate of drug-likeness (QED) is 0.578. The van der Waals surface area contributed by atoms with Gasteiger partial charge in [0.05, 0.1) is 11.5 Å². The van der Waals surface area contributed by atoms with Crippen molar-refractivity contribution in [3.63, 3.8) is 0 Å². The monoisotopic (exact) mass is 220 g/mol. The maximum absolute atomic E-state index is 10.7. The minimum absolute atomic E-state index is 0.133. The lowest BCUT2D eigenvalue weighted by molar-refractivity contribution is -0.385. The van der Waals surface area contributed by atoms with Gasteiger partial charge in [0.1, 0.15) is 0 Å². The number of hydrogen-bond acceptors (Lipinski definition) is 5. The number of nitrogens with zero attached hydrogens (tertiary/aromatic N) is 2. The van der Waals surface area contributed by atoms with Crippen LogP contribution in [0.4, 0.5) is 5.69 Å². The van der Waals surface area contributed by atoms with Gasteiger partial charge in [-0.3, -0.25) is 15.1 Å². The van der Waals surface area contributed by atoms with Crippen LogP contribution < -0.4 is 10.6 Å². The molecule has 0 saturated heterocycles. The molecule has 0 spiro atoms. The maximum Gasteiger partial charge on any atom is 0.274 e. The van der Waals surface area contributed by atoms with Crippen molar-refractivity contribution >= 4 is 11.6 Å². The van der Waals surface area contributed by atoms with Crippen LogP contribution in [-0.4, -0.2) is 24.0 Å². The molecule has 1 aliphatic rings. The van der Waals surface area contributed by atoms with Crippen LogP contribution in [-0.2, 0) is 6.54 Å². The summed E-state index contributed by atoms with van der Waals surface area (Å²) in [5.41, 5.74) is 0.789. The Morgan fingerprint density at radius 3 is 3.00 bits per heavy atom. The lowest BCUT2D eigenvalue weighted by Crippen LogP contribution is -2.33. The average Bonchev–Trinajstić information content (AvgIpc) is 2.79. The van der Waals surface area contributed by atoms with Gasteiger partial charge in [0.2, 0.25) is 0 Å². The van der Waals surface area contributed by atoms with E-state index in [4.69, 9.17) is 0 Å². The second kappa shape index (κ2) is 4.61. The van der Waals surface area contributed by atoms with Crippen molar-refractivity contribution in [1.82, 2.24) is 10.6 Å². The van der Waals surface area contributed by atoms with Crippen molar-refractivity contribution in [2.75, 3.05) is 13.1 Å². The largest absolute Gasteiger partial charge is 0.355 e. The van der Waals surface area contributed by atoms with Crippen LogP contribution in [0.2, 0.25) is 0 Å². The Balaban J connectivity index is 2.05. The molecule has 1 aliphatic heterocycles. The Hall–Kier alpha value is -2.11. The van der Waals surface area contributed by atoms with E-state index in [1.54, 1.807) is 18.2 Å². The topological polar surface area (TPSA) is 79.6 Å². The number of aliphatic imine (C=N–C) groups is 1. The lowest BCUT2D eigenvalue weighted by Gasteiger charge is -2.06. The van der Waals surface area contributed by atoms with Gasteiger partial charge >= 0.3 is 0 Å². The van der Waals surface area contributed by atoms with Crippen LogP contribution >= 0.6 is 0 Å². The van der Waals surface area contributed by atoms with Crippen LogP contribution in [0.3, 0.4) is 0 Å². The predicted molar refractivity (Wildman–Crippen MR) is 60.2 cm³/mol. The number of nitrogens with one attached hydrogen (secondary N) is 2. The third-order valence-electron chi connectivity index (χ3n) is 2.31. The minimum Gasteiger partial charge on any atom is -0.355 e. The van der Waals surface area contributed by atoms with E-state index < -0.39 is 0 Å². The number of nitro benzene ring substituents is 1. The van der Waals surface area contributed by atoms with E-state index in [2.05, 4.69) is 15.6 Å². The normalized spacial score (nSPS) is 14.1. The van der Waals surface area contributed by atoms with Crippen molar-refractivity contribution in [3.05, 3.63) is 39.9 Å². The molecule has 16 heavy (non-hydrogen) atoms. The van der Waals surface area contributed by atoms with E-state index in [1.807, 2.05) is 0 Å². The van der Waals surface area contributed by atoms with E-state index >= 15 is 0 Å². The van der Waals surface area contributed by atoms with Crippen LogP contribution in [0, 0.1) is 10.1 Å². The molecule has 2 rings (SSSR count). The first-order valence-corrected chi connectivity index (χ1v) is 5.02. The summed E-state index contributed by atoms with van der Waals surface area (Å²) in [4.78, 5) is 14.5. The molecule has 0 unspecified atom stereocenters. The summed E-state index contributed by atoms with van der Waals surface area (Å²) in [6.45, 7) is 1.97. The molecule has 0 atom stereocenters. The fourth-order valence-corrected chi connectivity index (χ4v) is 1.53. The highest BCUT2D eigenvalue weighted by molar-refractivity contribution is 5.81. The third-order valence-corrected chi connectivity index (χ3v) is 2.31. The van der Waals surface area contributed by atoms with Gasteiger partial charge in [-0.1, -0.05) is 18.2 Å². The molecular formula is C10H12N4O2. The number of nitro groups is 1. The Morgan fingerprint density at radius 2 is 2.31 bits per heavy atom. The van der Waals surface area contributed by atoms with Crippen LogP contribution in [0.15, 0.2) is 29.3 Å². The molecule has 0 amide bonds. The number of para-hydroxylation sites is 1. The smallest absolute Gasteiger partial charge is 0.274 e. The molecule has 6 nitrogen and oxygen atoms in total. The molecule has 2 N–H and O–H groups in total. The Bertz CT molecular complexity index is 431. The molecule has 6 heteroatoms. The highest BCUT2D eigenvalue weighted by Crippen LogP contribution is 2.16. The van der Waals surface area contributed by atoms with Crippen LogP contribution in [0.25, 0.3) is 0 Å². The predicted octanol–water partition coefficient (Wildman–Crippen LogP) is 0.644. The van der Waals surface area contributed by atoms with E-state index in [0.29, 0.717) is 18.1 Å². The second-order valence-electron chi connectivity index (χ2n) is 3.40.